The lowest BCUT2D eigenvalue weighted by Gasteiger charge is -2.25. The molecule has 0 spiro atoms. The third-order valence-electron chi connectivity index (χ3n) is 2.77. The van der Waals surface area contributed by atoms with E-state index in [0.717, 1.165) is 0 Å². The van der Waals surface area contributed by atoms with Crippen molar-refractivity contribution in [3.8, 4) is 0 Å². The van der Waals surface area contributed by atoms with Crippen molar-refractivity contribution in [2.24, 2.45) is 0 Å². The fourth-order valence-electron chi connectivity index (χ4n) is 1.30. The molecule has 2 N–H and O–H groups in total. The minimum Gasteiger partial charge on any atom is -0.389 e. The number of aromatic nitrogens is 1. The molecule has 1 rings (SSSR count). The van der Waals surface area contributed by atoms with Gasteiger partial charge in [-0.1, -0.05) is 19.0 Å². The average molecular weight is 262 g/mol. The van der Waals surface area contributed by atoms with Crippen molar-refractivity contribution in [3.05, 3.63) is 18.0 Å². The summed E-state index contributed by atoms with van der Waals surface area (Å²) in [6, 6.07) is 1.49. The van der Waals surface area contributed by atoms with Gasteiger partial charge in [0, 0.05) is 12.6 Å². The van der Waals surface area contributed by atoms with Gasteiger partial charge in [0.2, 0.25) is 10.0 Å². The van der Waals surface area contributed by atoms with Gasteiger partial charge in [-0.2, -0.15) is 0 Å². The van der Waals surface area contributed by atoms with Crippen molar-refractivity contribution in [1.82, 2.24) is 9.88 Å². The first kappa shape index (κ1) is 14.1. The molecule has 0 unspecified atom stereocenters. The molecule has 0 amide bonds. The van der Waals surface area contributed by atoms with Gasteiger partial charge in [0.1, 0.15) is 12.0 Å². The standard InChI is InChI=1S/C10H18N2O4S/c1-3-10(13,4-2)8-11-17(14,15)7-9-5-6-16-12-9/h5-6,11,13H,3-4,7-8H2,1-2H3. The van der Waals surface area contributed by atoms with Crippen LogP contribution in [0.2, 0.25) is 0 Å². The van der Waals surface area contributed by atoms with Crippen molar-refractivity contribution in [3.63, 3.8) is 0 Å². The summed E-state index contributed by atoms with van der Waals surface area (Å²) in [5.74, 6) is -0.243. The van der Waals surface area contributed by atoms with Crippen LogP contribution >= 0.6 is 0 Å². The average Bonchev–Trinajstić information content (AvgIpc) is 2.78. The minimum atomic E-state index is -3.49. The van der Waals surface area contributed by atoms with Crippen LogP contribution in [0.15, 0.2) is 16.9 Å². The number of sulfonamides is 1. The molecular formula is C10H18N2O4S. The summed E-state index contributed by atoms with van der Waals surface area (Å²) in [6.45, 7) is 3.64. The summed E-state index contributed by atoms with van der Waals surface area (Å²) < 4.78 is 30.3. The zero-order valence-corrected chi connectivity index (χ0v) is 10.8. The van der Waals surface area contributed by atoms with E-state index in [2.05, 4.69) is 14.4 Å². The van der Waals surface area contributed by atoms with Gasteiger partial charge >= 0.3 is 0 Å². The van der Waals surface area contributed by atoms with E-state index in [1.54, 1.807) is 0 Å². The molecule has 0 saturated heterocycles. The van der Waals surface area contributed by atoms with E-state index < -0.39 is 15.6 Å². The molecule has 0 aliphatic carbocycles. The number of hydrogen-bond donors (Lipinski definition) is 2. The maximum atomic E-state index is 11.7. The van der Waals surface area contributed by atoms with E-state index in [1.807, 2.05) is 13.8 Å². The molecule has 0 fully saturated rings. The monoisotopic (exact) mass is 262 g/mol. The maximum absolute atomic E-state index is 11.7. The van der Waals surface area contributed by atoms with Crippen LogP contribution in [-0.4, -0.2) is 30.8 Å². The highest BCUT2D eigenvalue weighted by molar-refractivity contribution is 7.88. The molecule has 0 bridgehead atoms. The second-order valence-electron chi connectivity index (χ2n) is 4.00. The minimum absolute atomic E-state index is 0.0141. The molecule has 0 atom stereocenters. The molecule has 6 nitrogen and oxygen atoms in total. The van der Waals surface area contributed by atoms with Crippen LogP contribution in [0.5, 0.6) is 0 Å². The largest absolute Gasteiger partial charge is 0.389 e. The van der Waals surface area contributed by atoms with Gasteiger partial charge < -0.3 is 9.63 Å². The number of hydrogen-bond acceptors (Lipinski definition) is 5. The Morgan fingerprint density at radius 3 is 2.59 bits per heavy atom. The number of nitrogens with zero attached hydrogens (tertiary/aromatic N) is 1. The molecule has 1 heterocycles. The lowest BCUT2D eigenvalue weighted by molar-refractivity contribution is 0.0377. The Morgan fingerprint density at radius 2 is 2.12 bits per heavy atom. The third-order valence-corrected chi connectivity index (χ3v) is 4.03. The van der Waals surface area contributed by atoms with Gasteiger partial charge in [0.25, 0.3) is 0 Å². The molecule has 1 aromatic heterocycles. The van der Waals surface area contributed by atoms with Crippen LogP contribution < -0.4 is 4.72 Å². The summed E-state index contributed by atoms with van der Waals surface area (Å²) in [5.41, 5.74) is -0.647. The molecule has 0 saturated carbocycles. The van der Waals surface area contributed by atoms with E-state index >= 15 is 0 Å². The second kappa shape index (κ2) is 5.61. The van der Waals surface area contributed by atoms with E-state index in [9.17, 15) is 13.5 Å². The van der Waals surface area contributed by atoms with Crippen molar-refractivity contribution in [1.29, 1.82) is 0 Å². The fraction of sp³-hybridized carbons (Fsp3) is 0.700. The third kappa shape index (κ3) is 4.45. The Bertz CT molecular complexity index is 423. The van der Waals surface area contributed by atoms with E-state index in [-0.39, 0.29) is 12.3 Å². The van der Waals surface area contributed by atoms with Crippen LogP contribution in [0.1, 0.15) is 32.4 Å². The predicted molar refractivity (Wildman–Crippen MR) is 62.7 cm³/mol. The Morgan fingerprint density at radius 1 is 1.47 bits per heavy atom. The van der Waals surface area contributed by atoms with Gasteiger partial charge in [-0.25, -0.2) is 13.1 Å². The lowest BCUT2D eigenvalue weighted by atomic mass is 9.98. The van der Waals surface area contributed by atoms with Crippen LogP contribution in [0.3, 0.4) is 0 Å². The van der Waals surface area contributed by atoms with Crippen LogP contribution in [0.4, 0.5) is 0 Å². The van der Waals surface area contributed by atoms with Gasteiger partial charge in [-0.15, -0.1) is 0 Å². The van der Waals surface area contributed by atoms with Crippen molar-refractivity contribution < 1.29 is 18.0 Å². The summed E-state index contributed by atoms with van der Waals surface area (Å²) in [4.78, 5) is 0. The molecule has 7 heteroatoms. The molecular weight excluding hydrogens is 244 g/mol. The summed E-state index contributed by atoms with van der Waals surface area (Å²) in [5, 5.41) is 13.5. The highest BCUT2D eigenvalue weighted by Crippen LogP contribution is 2.13. The maximum Gasteiger partial charge on any atom is 0.217 e. The first-order valence-electron chi connectivity index (χ1n) is 5.50. The van der Waals surface area contributed by atoms with Crippen molar-refractivity contribution in [2.75, 3.05) is 6.54 Å². The zero-order chi connectivity index (χ0) is 12.9. The number of rotatable bonds is 7. The smallest absolute Gasteiger partial charge is 0.217 e. The van der Waals surface area contributed by atoms with Gasteiger partial charge in [-0.05, 0) is 12.8 Å². The van der Waals surface area contributed by atoms with Crippen LogP contribution in [0, 0.1) is 0 Å². The molecule has 98 valence electrons. The molecule has 0 aliphatic heterocycles. The normalized spacial score (nSPS) is 12.9. The summed E-state index contributed by atoms with van der Waals surface area (Å²) in [6.07, 6.45) is 2.31. The first-order chi connectivity index (χ1) is 7.91. The second-order valence-corrected chi connectivity index (χ2v) is 5.81. The summed E-state index contributed by atoms with van der Waals surface area (Å²) >= 11 is 0. The van der Waals surface area contributed by atoms with Crippen molar-refractivity contribution in [2.45, 2.75) is 38.0 Å². The Hall–Kier alpha value is -0.920. The topological polar surface area (TPSA) is 92.4 Å². The molecule has 1 aromatic rings. The lowest BCUT2D eigenvalue weighted by Crippen LogP contribution is -2.42. The quantitative estimate of drug-likeness (QED) is 0.752. The van der Waals surface area contributed by atoms with E-state index in [4.69, 9.17) is 0 Å². The number of aliphatic hydroxyl groups is 1. The molecule has 0 aromatic carbocycles. The highest BCUT2D eigenvalue weighted by atomic mass is 32.2. The Kier molecular flexibility index (Phi) is 4.67. The zero-order valence-electron chi connectivity index (χ0n) is 10.0. The summed E-state index contributed by atoms with van der Waals surface area (Å²) in [7, 11) is -3.49. The molecule has 0 radical (unpaired) electrons. The van der Waals surface area contributed by atoms with Gasteiger partial charge in [0.15, 0.2) is 0 Å². The predicted octanol–water partition coefficient (Wildman–Crippen LogP) is 0.645. The SMILES string of the molecule is CCC(O)(CC)CNS(=O)(=O)Cc1ccon1. The van der Waals surface area contributed by atoms with Gasteiger partial charge in [-0.3, -0.25) is 0 Å². The Labute approximate surface area is 101 Å². The van der Waals surface area contributed by atoms with E-state index in [0.29, 0.717) is 18.5 Å². The van der Waals surface area contributed by atoms with Crippen LogP contribution in [0.25, 0.3) is 0 Å². The highest BCUT2D eigenvalue weighted by Gasteiger charge is 2.25. The van der Waals surface area contributed by atoms with Crippen LogP contribution in [-0.2, 0) is 15.8 Å². The van der Waals surface area contributed by atoms with E-state index in [1.165, 1.54) is 12.3 Å². The van der Waals surface area contributed by atoms with Gasteiger partial charge in [0.05, 0.1) is 11.3 Å². The molecule has 0 aliphatic rings. The number of nitrogens with one attached hydrogen (secondary N) is 1. The first-order valence-corrected chi connectivity index (χ1v) is 7.15. The fourth-order valence-corrected chi connectivity index (χ4v) is 2.43. The van der Waals surface area contributed by atoms with Crippen molar-refractivity contribution >= 4 is 10.0 Å². The molecule has 17 heavy (non-hydrogen) atoms. The Balaban J connectivity index is 2.56.